The van der Waals surface area contributed by atoms with Crippen LogP contribution in [-0.4, -0.2) is 15.9 Å². The van der Waals surface area contributed by atoms with E-state index >= 15 is 0 Å². The highest BCUT2D eigenvalue weighted by Crippen LogP contribution is 2.39. The molecule has 1 aliphatic carbocycles. The van der Waals surface area contributed by atoms with Gasteiger partial charge in [-0.3, -0.25) is 4.79 Å². The zero-order valence-electron chi connectivity index (χ0n) is 13.0. The van der Waals surface area contributed by atoms with Gasteiger partial charge in [0.2, 0.25) is 11.8 Å². The lowest BCUT2D eigenvalue weighted by Crippen LogP contribution is -2.17. The van der Waals surface area contributed by atoms with E-state index in [9.17, 15) is 4.79 Å². The zero-order valence-corrected chi connectivity index (χ0v) is 13.8. The summed E-state index contributed by atoms with van der Waals surface area (Å²) in [6.45, 7) is 3.70. The zero-order chi connectivity index (χ0) is 16.4. The van der Waals surface area contributed by atoms with Crippen molar-refractivity contribution in [2.75, 3.05) is 5.32 Å². The van der Waals surface area contributed by atoms with Crippen LogP contribution in [0.3, 0.4) is 0 Å². The lowest BCUT2D eigenvalue weighted by atomic mass is 10.2. The normalized spacial score (nSPS) is 13.9. The largest absolute Gasteiger partial charge is 0.439 e. The summed E-state index contributed by atoms with van der Waals surface area (Å²) in [5.41, 5.74) is 0.732. The number of nitrogens with one attached hydrogen (secondary N) is 1. The van der Waals surface area contributed by atoms with Gasteiger partial charge in [0.1, 0.15) is 16.7 Å². The van der Waals surface area contributed by atoms with Crippen LogP contribution in [0.4, 0.5) is 5.69 Å². The van der Waals surface area contributed by atoms with Crippen molar-refractivity contribution >= 4 is 23.2 Å². The van der Waals surface area contributed by atoms with Crippen molar-refractivity contribution in [3.8, 4) is 11.6 Å². The van der Waals surface area contributed by atoms with E-state index in [0.717, 1.165) is 24.4 Å². The van der Waals surface area contributed by atoms with Crippen molar-refractivity contribution < 1.29 is 9.53 Å². The third kappa shape index (κ3) is 4.20. The minimum Gasteiger partial charge on any atom is -0.439 e. The van der Waals surface area contributed by atoms with Gasteiger partial charge in [-0.2, -0.15) is 4.98 Å². The van der Waals surface area contributed by atoms with E-state index in [1.807, 2.05) is 13.8 Å². The molecular formula is C17H18ClN3O2. The summed E-state index contributed by atoms with van der Waals surface area (Å²) < 4.78 is 5.74. The first kappa shape index (κ1) is 15.7. The minimum absolute atomic E-state index is 0.0182. The SMILES string of the molecule is CC(C)C(=O)Nc1ccc(Oc2cc(Cl)nc(C3CC3)n2)cc1. The Hall–Kier alpha value is -2.14. The molecule has 1 heterocycles. The second kappa shape index (κ2) is 6.54. The second-order valence-corrected chi connectivity index (χ2v) is 6.32. The van der Waals surface area contributed by atoms with Crippen molar-refractivity contribution in [3.05, 3.63) is 41.3 Å². The van der Waals surface area contributed by atoms with Crippen LogP contribution in [-0.2, 0) is 4.79 Å². The molecule has 0 spiro atoms. The highest BCUT2D eigenvalue weighted by molar-refractivity contribution is 6.29. The van der Waals surface area contributed by atoms with E-state index in [-0.39, 0.29) is 11.8 Å². The fraction of sp³-hybridized carbons (Fsp3) is 0.353. The molecule has 1 saturated carbocycles. The molecule has 0 bridgehead atoms. The number of carbonyl (C=O) groups is 1. The smallest absolute Gasteiger partial charge is 0.226 e. The molecule has 3 rings (SSSR count). The number of ether oxygens (including phenoxy) is 1. The fourth-order valence-electron chi connectivity index (χ4n) is 2.00. The van der Waals surface area contributed by atoms with Gasteiger partial charge in [0.25, 0.3) is 0 Å². The van der Waals surface area contributed by atoms with Gasteiger partial charge < -0.3 is 10.1 Å². The number of anilines is 1. The summed E-state index contributed by atoms with van der Waals surface area (Å²) in [6.07, 6.45) is 2.20. The molecule has 1 aromatic heterocycles. The third-order valence-electron chi connectivity index (χ3n) is 3.50. The number of rotatable bonds is 5. The van der Waals surface area contributed by atoms with E-state index in [4.69, 9.17) is 16.3 Å². The average Bonchev–Trinajstić information content (AvgIpc) is 3.33. The number of amides is 1. The molecular weight excluding hydrogens is 314 g/mol. The van der Waals surface area contributed by atoms with Crippen LogP contribution in [0.1, 0.15) is 38.4 Å². The van der Waals surface area contributed by atoms with Gasteiger partial charge in [0.15, 0.2) is 0 Å². The molecule has 1 fully saturated rings. The van der Waals surface area contributed by atoms with Crippen LogP contribution in [0.2, 0.25) is 5.15 Å². The molecule has 0 atom stereocenters. The average molecular weight is 332 g/mol. The van der Waals surface area contributed by atoms with Gasteiger partial charge in [-0.15, -0.1) is 0 Å². The summed E-state index contributed by atoms with van der Waals surface area (Å²) in [4.78, 5) is 20.3. The molecule has 1 aromatic carbocycles. The van der Waals surface area contributed by atoms with Crippen molar-refractivity contribution in [2.24, 2.45) is 5.92 Å². The number of halogens is 1. The predicted octanol–water partition coefficient (Wildman–Crippen LogP) is 4.39. The molecule has 2 aromatic rings. The van der Waals surface area contributed by atoms with Gasteiger partial charge in [-0.05, 0) is 37.1 Å². The number of nitrogens with zero attached hydrogens (tertiary/aromatic N) is 2. The molecule has 120 valence electrons. The first-order valence-corrected chi connectivity index (χ1v) is 8.02. The number of benzene rings is 1. The van der Waals surface area contributed by atoms with E-state index < -0.39 is 0 Å². The molecule has 6 heteroatoms. The Labute approximate surface area is 140 Å². The van der Waals surface area contributed by atoms with E-state index in [0.29, 0.717) is 22.7 Å². The van der Waals surface area contributed by atoms with Crippen LogP contribution in [0.25, 0.3) is 0 Å². The number of aromatic nitrogens is 2. The maximum absolute atomic E-state index is 11.7. The van der Waals surface area contributed by atoms with Gasteiger partial charge >= 0.3 is 0 Å². The van der Waals surface area contributed by atoms with Crippen LogP contribution >= 0.6 is 11.6 Å². The van der Waals surface area contributed by atoms with Gasteiger partial charge in [0.05, 0.1) is 0 Å². The predicted molar refractivity (Wildman–Crippen MR) is 89.0 cm³/mol. The summed E-state index contributed by atoms with van der Waals surface area (Å²) in [6, 6.07) is 8.74. The lowest BCUT2D eigenvalue weighted by Gasteiger charge is -2.09. The summed E-state index contributed by atoms with van der Waals surface area (Å²) >= 11 is 6.02. The standard InChI is InChI=1S/C17H18ClN3O2/c1-10(2)17(22)19-12-5-7-13(8-6-12)23-15-9-14(18)20-16(21-15)11-3-4-11/h5-11H,3-4H2,1-2H3,(H,19,22). The lowest BCUT2D eigenvalue weighted by molar-refractivity contribution is -0.118. The number of hydrogen-bond donors (Lipinski definition) is 1. The molecule has 1 amide bonds. The molecule has 1 aliphatic rings. The van der Waals surface area contributed by atoms with Gasteiger partial charge in [-0.25, -0.2) is 4.98 Å². The third-order valence-corrected chi connectivity index (χ3v) is 3.69. The van der Waals surface area contributed by atoms with Crippen molar-refractivity contribution in [1.82, 2.24) is 9.97 Å². The fourth-order valence-corrected chi connectivity index (χ4v) is 2.18. The highest BCUT2D eigenvalue weighted by atomic mass is 35.5. The summed E-state index contributed by atoms with van der Waals surface area (Å²) in [5, 5.41) is 3.22. The number of carbonyl (C=O) groups excluding carboxylic acids is 1. The monoisotopic (exact) mass is 331 g/mol. The summed E-state index contributed by atoms with van der Waals surface area (Å²) in [7, 11) is 0. The van der Waals surface area contributed by atoms with Crippen LogP contribution in [0, 0.1) is 5.92 Å². The number of hydrogen-bond acceptors (Lipinski definition) is 4. The topological polar surface area (TPSA) is 64.1 Å². The Morgan fingerprint density at radius 1 is 1.26 bits per heavy atom. The molecule has 0 unspecified atom stereocenters. The first-order valence-electron chi connectivity index (χ1n) is 7.64. The Bertz CT molecular complexity index is 712. The maximum atomic E-state index is 11.7. The minimum atomic E-state index is -0.0602. The Kier molecular flexibility index (Phi) is 4.48. The van der Waals surface area contributed by atoms with Crippen molar-refractivity contribution in [2.45, 2.75) is 32.6 Å². The molecule has 5 nitrogen and oxygen atoms in total. The Balaban J connectivity index is 1.69. The Morgan fingerprint density at radius 3 is 2.57 bits per heavy atom. The van der Waals surface area contributed by atoms with Crippen molar-refractivity contribution in [3.63, 3.8) is 0 Å². The summed E-state index contributed by atoms with van der Waals surface area (Å²) in [5.74, 6) is 2.14. The van der Waals surface area contributed by atoms with Crippen molar-refractivity contribution in [1.29, 1.82) is 0 Å². The van der Waals surface area contributed by atoms with E-state index in [1.54, 1.807) is 30.3 Å². The molecule has 0 radical (unpaired) electrons. The first-order chi connectivity index (χ1) is 11.0. The van der Waals surface area contributed by atoms with E-state index in [2.05, 4.69) is 15.3 Å². The van der Waals surface area contributed by atoms with E-state index in [1.165, 1.54) is 0 Å². The van der Waals surface area contributed by atoms with Gasteiger partial charge in [-0.1, -0.05) is 25.4 Å². The highest BCUT2D eigenvalue weighted by Gasteiger charge is 2.27. The Morgan fingerprint density at radius 2 is 1.96 bits per heavy atom. The molecule has 0 saturated heterocycles. The quantitative estimate of drug-likeness (QED) is 0.825. The molecule has 0 aliphatic heterocycles. The van der Waals surface area contributed by atoms with Crippen LogP contribution in [0.15, 0.2) is 30.3 Å². The van der Waals surface area contributed by atoms with Crippen LogP contribution in [0.5, 0.6) is 11.6 Å². The van der Waals surface area contributed by atoms with Gasteiger partial charge in [0, 0.05) is 23.6 Å². The molecule has 1 N–H and O–H groups in total. The second-order valence-electron chi connectivity index (χ2n) is 5.93. The molecule has 23 heavy (non-hydrogen) atoms. The maximum Gasteiger partial charge on any atom is 0.226 e. The van der Waals surface area contributed by atoms with Crippen LogP contribution < -0.4 is 10.1 Å².